The molecule has 1 amide bonds. The van der Waals surface area contributed by atoms with Crippen LogP contribution in [-0.2, 0) is 10.2 Å². The first-order valence-corrected chi connectivity index (χ1v) is 9.33. The minimum Gasteiger partial charge on any atom is -0.369 e. The third-order valence-electron chi connectivity index (χ3n) is 5.56. The molecule has 2 N–H and O–H groups in total. The van der Waals surface area contributed by atoms with Crippen LogP contribution in [0.3, 0.4) is 0 Å². The number of primary amides is 1. The number of nitrogens with two attached hydrogens (primary N) is 1. The summed E-state index contributed by atoms with van der Waals surface area (Å²) >= 11 is 0. The third-order valence-corrected chi connectivity index (χ3v) is 5.56. The molecule has 1 heterocycles. The van der Waals surface area contributed by atoms with Crippen LogP contribution in [0.4, 0.5) is 0 Å². The number of benzene rings is 2. The Hall–Kier alpha value is -2.13. The van der Waals surface area contributed by atoms with Gasteiger partial charge in [-0.15, -0.1) is 0 Å². The highest BCUT2D eigenvalue weighted by Gasteiger charge is 2.49. The van der Waals surface area contributed by atoms with Crippen LogP contribution in [0.1, 0.15) is 37.3 Å². The lowest BCUT2D eigenvalue weighted by atomic mass is 9.64. The second-order valence-corrected chi connectivity index (χ2v) is 7.04. The van der Waals surface area contributed by atoms with Crippen molar-refractivity contribution in [2.45, 2.75) is 31.6 Å². The SMILES string of the molecule is CCCCN1CCC(C(C(N)=O)(c2ccccc2)c2ccccc2)C1. The fourth-order valence-corrected chi connectivity index (χ4v) is 4.30. The van der Waals surface area contributed by atoms with Gasteiger partial charge >= 0.3 is 0 Å². The second-order valence-electron chi connectivity index (χ2n) is 7.04. The molecule has 0 aliphatic carbocycles. The molecule has 0 aromatic heterocycles. The first kappa shape index (κ1) is 17.7. The zero-order valence-electron chi connectivity index (χ0n) is 15.0. The topological polar surface area (TPSA) is 46.3 Å². The average molecular weight is 336 g/mol. The number of carbonyl (C=O) groups is 1. The summed E-state index contributed by atoms with van der Waals surface area (Å²) in [5.41, 5.74) is 7.36. The Balaban J connectivity index is 2.05. The van der Waals surface area contributed by atoms with E-state index >= 15 is 0 Å². The lowest BCUT2D eigenvalue weighted by Gasteiger charge is -2.37. The van der Waals surface area contributed by atoms with Gasteiger partial charge in [-0.05, 0) is 43.0 Å². The van der Waals surface area contributed by atoms with Gasteiger partial charge in [-0.25, -0.2) is 0 Å². The Kier molecular flexibility index (Phi) is 5.54. The predicted molar refractivity (Wildman–Crippen MR) is 102 cm³/mol. The van der Waals surface area contributed by atoms with Crippen molar-refractivity contribution in [1.82, 2.24) is 4.90 Å². The predicted octanol–water partition coefficient (Wildman–Crippen LogP) is 3.58. The van der Waals surface area contributed by atoms with Gasteiger partial charge in [-0.1, -0.05) is 74.0 Å². The van der Waals surface area contributed by atoms with Gasteiger partial charge in [-0.3, -0.25) is 4.79 Å². The van der Waals surface area contributed by atoms with Crippen LogP contribution >= 0.6 is 0 Å². The largest absolute Gasteiger partial charge is 0.369 e. The van der Waals surface area contributed by atoms with Crippen LogP contribution in [0.15, 0.2) is 60.7 Å². The highest BCUT2D eigenvalue weighted by molar-refractivity contribution is 5.91. The van der Waals surface area contributed by atoms with E-state index in [1.54, 1.807) is 0 Å². The normalized spacial score (nSPS) is 18.4. The van der Waals surface area contributed by atoms with Crippen LogP contribution < -0.4 is 5.73 Å². The molecule has 0 radical (unpaired) electrons. The third kappa shape index (κ3) is 3.34. The Bertz CT molecular complexity index is 644. The van der Waals surface area contributed by atoms with E-state index in [0.29, 0.717) is 0 Å². The average Bonchev–Trinajstić information content (AvgIpc) is 3.11. The highest BCUT2D eigenvalue weighted by atomic mass is 16.1. The van der Waals surface area contributed by atoms with Crippen molar-refractivity contribution in [2.75, 3.05) is 19.6 Å². The molecule has 1 aliphatic heterocycles. The summed E-state index contributed by atoms with van der Waals surface area (Å²) in [7, 11) is 0. The van der Waals surface area contributed by atoms with Crippen molar-refractivity contribution in [3.8, 4) is 0 Å². The van der Waals surface area contributed by atoms with E-state index < -0.39 is 5.41 Å². The number of hydrogen-bond acceptors (Lipinski definition) is 2. The number of rotatable bonds is 7. The van der Waals surface area contributed by atoms with Crippen molar-refractivity contribution in [3.05, 3.63) is 71.8 Å². The van der Waals surface area contributed by atoms with Crippen LogP contribution in [0.25, 0.3) is 0 Å². The molecule has 25 heavy (non-hydrogen) atoms. The highest BCUT2D eigenvalue weighted by Crippen LogP contribution is 2.43. The smallest absolute Gasteiger partial charge is 0.232 e. The van der Waals surface area contributed by atoms with Gasteiger partial charge in [-0.2, -0.15) is 0 Å². The van der Waals surface area contributed by atoms with Crippen molar-refractivity contribution in [1.29, 1.82) is 0 Å². The van der Waals surface area contributed by atoms with Crippen LogP contribution in [-0.4, -0.2) is 30.4 Å². The van der Waals surface area contributed by atoms with E-state index in [1.807, 2.05) is 60.7 Å². The summed E-state index contributed by atoms with van der Waals surface area (Å²) < 4.78 is 0. The maximum atomic E-state index is 12.9. The van der Waals surface area contributed by atoms with E-state index in [0.717, 1.165) is 37.2 Å². The summed E-state index contributed by atoms with van der Waals surface area (Å²) in [6, 6.07) is 20.2. The first-order valence-electron chi connectivity index (χ1n) is 9.33. The molecule has 1 aliphatic rings. The van der Waals surface area contributed by atoms with Crippen LogP contribution in [0.2, 0.25) is 0 Å². The zero-order valence-corrected chi connectivity index (χ0v) is 15.0. The summed E-state index contributed by atoms with van der Waals surface area (Å²) in [6.07, 6.45) is 3.39. The van der Waals surface area contributed by atoms with Gasteiger partial charge in [0.15, 0.2) is 0 Å². The van der Waals surface area contributed by atoms with Gasteiger partial charge in [0.1, 0.15) is 5.41 Å². The Morgan fingerprint density at radius 3 is 2.12 bits per heavy atom. The molecule has 3 rings (SSSR count). The number of likely N-dealkylation sites (tertiary alicyclic amines) is 1. The quantitative estimate of drug-likeness (QED) is 0.840. The molecule has 1 unspecified atom stereocenters. The molecule has 2 aromatic rings. The molecule has 2 aromatic carbocycles. The molecular weight excluding hydrogens is 308 g/mol. The van der Waals surface area contributed by atoms with Gasteiger partial charge in [0.2, 0.25) is 5.91 Å². The molecule has 0 saturated carbocycles. The van der Waals surface area contributed by atoms with Gasteiger partial charge < -0.3 is 10.6 Å². The van der Waals surface area contributed by atoms with E-state index in [1.165, 1.54) is 12.8 Å². The number of amides is 1. The number of carbonyl (C=O) groups excluding carboxylic acids is 1. The van der Waals surface area contributed by atoms with Gasteiger partial charge in [0.05, 0.1) is 0 Å². The fourth-order valence-electron chi connectivity index (χ4n) is 4.30. The fraction of sp³-hybridized carbons (Fsp3) is 0.409. The lowest BCUT2D eigenvalue weighted by molar-refractivity contribution is -0.123. The van der Waals surface area contributed by atoms with Crippen molar-refractivity contribution in [2.24, 2.45) is 11.7 Å². The molecule has 3 nitrogen and oxygen atoms in total. The number of unbranched alkanes of at least 4 members (excludes halogenated alkanes) is 1. The summed E-state index contributed by atoms with van der Waals surface area (Å²) in [6.45, 7) is 5.28. The minimum atomic E-state index is -0.760. The zero-order chi connectivity index (χ0) is 17.7. The molecule has 132 valence electrons. The van der Waals surface area contributed by atoms with Crippen molar-refractivity contribution >= 4 is 5.91 Å². The molecular formula is C22H28N2O. The van der Waals surface area contributed by atoms with Crippen molar-refractivity contribution < 1.29 is 4.79 Å². The molecule has 0 spiro atoms. The van der Waals surface area contributed by atoms with Gasteiger partial charge in [0.25, 0.3) is 0 Å². The van der Waals surface area contributed by atoms with Crippen LogP contribution in [0.5, 0.6) is 0 Å². The molecule has 0 bridgehead atoms. The Labute approximate surface area is 150 Å². The summed E-state index contributed by atoms with van der Waals surface area (Å²) in [5, 5.41) is 0. The van der Waals surface area contributed by atoms with E-state index in [4.69, 9.17) is 5.73 Å². The Morgan fingerprint density at radius 2 is 1.64 bits per heavy atom. The van der Waals surface area contributed by atoms with E-state index in [2.05, 4.69) is 11.8 Å². The van der Waals surface area contributed by atoms with E-state index in [9.17, 15) is 4.79 Å². The maximum Gasteiger partial charge on any atom is 0.232 e. The van der Waals surface area contributed by atoms with Gasteiger partial charge in [0, 0.05) is 6.54 Å². The second kappa shape index (κ2) is 7.83. The standard InChI is InChI=1S/C22H28N2O/c1-2-3-15-24-16-14-20(17-24)22(21(23)25,18-10-6-4-7-11-18)19-12-8-5-9-13-19/h4-13,20H,2-3,14-17H2,1H3,(H2,23,25). The lowest BCUT2D eigenvalue weighted by Crippen LogP contribution is -2.49. The monoisotopic (exact) mass is 336 g/mol. The summed E-state index contributed by atoms with van der Waals surface area (Å²) in [5.74, 6) is -0.0427. The molecule has 1 saturated heterocycles. The Morgan fingerprint density at radius 1 is 1.08 bits per heavy atom. The van der Waals surface area contributed by atoms with Crippen molar-refractivity contribution in [3.63, 3.8) is 0 Å². The number of hydrogen-bond donors (Lipinski definition) is 1. The minimum absolute atomic E-state index is 0.201. The molecule has 1 fully saturated rings. The molecule has 3 heteroatoms. The first-order chi connectivity index (χ1) is 12.2. The van der Waals surface area contributed by atoms with E-state index in [-0.39, 0.29) is 11.8 Å². The molecule has 1 atom stereocenters. The summed E-state index contributed by atoms with van der Waals surface area (Å²) in [4.78, 5) is 15.4. The number of nitrogens with zero attached hydrogens (tertiary/aromatic N) is 1. The maximum absolute atomic E-state index is 12.9. The van der Waals surface area contributed by atoms with Crippen LogP contribution in [0, 0.1) is 5.92 Å².